The van der Waals surface area contributed by atoms with E-state index in [-0.39, 0.29) is 12.5 Å². The number of allylic oxidation sites excluding steroid dienone is 5. The van der Waals surface area contributed by atoms with Gasteiger partial charge in [-0.2, -0.15) is 0 Å². The highest BCUT2D eigenvalue weighted by molar-refractivity contribution is 7.45. The molecule has 8 nitrogen and oxygen atoms in total. The van der Waals surface area contributed by atoms with Crippen molar-refractivity contribution in [1.82, 2.24) is 5.32 Å². The predicted molar refractivity (Wildman–Crippen MR) is 224 cm³/mol. The van der Waals surface area contributed by atoms with Gasteiger partial charge in [0.1, 0.15) is 13.2 Å². The molecule has 0 saturated heterocycles. The second-order valence-corrected chi connectivity index (χ2v) is 17.4. The number of amides is 1. The van der Waals surface area contributed by atoms with Crippen LogP contribution in [0, 0.1) is 0 Å². The second-order valence-electron chi connectivity index (χ2n) is 16.0. The lowest BCUT2D eigenvalue weighted by molar-refractivity contribution is -0.870. The number of aliphatic hydroxyl groups is 1. The van der Waals surface area contributed by atoms with E-state index in [4.69, 9.17) is 9.05 Å². The molecule has 0 spiro atoms. The molecule has 3 unspecified atom stereocenters. The third-order valence-corrected chi connectivity index (χ3v) is 10.5. The SMILES string of the molecule is CCCCCCCCCCCCCC/C=C/CC/C=C/CC/C=C/C(O)C(COP(=O)([O-])OCC[N+](C)(C)C)NC(=O)CCCCCCCCCCC. The zero-order chi connectivity index (χ0) is 39.3. The monoisotopic (exact) mass is 769 g/mol. The van der Waals surface area contributed by atoms with Gasteiger partial charge in [-0.3, -0.25) is 9.36 Å². The Bertz CT molecular complexity index is 964. The molecule has 0 aliphatic heterocycles. The second kappa shape index (κ2) is 36.4. The average Bonchev–Trinajstić information content (AvgIpc) is 3.10. The zero-order valence-corrected chi connectivity index (χ0v) is 36.1. The van der Waals surface area contributed by atoms with Crippen molar-refractivity contribution >= 4 is 13.7 Å². The lowest BCUT2D eigenvalue weighted by atomic mass is 10.0. The summed E-state index contributed by atoms with van der Waals surface area (Å²) in [6.45, 7) is 4.58. The number of carbonyl (C=O) groups excluding carboxylic acids is 1. The van der Waals surface area contributed by atoms with E-state index in [9.17, 15) is 19.4 Å². The number of carbonyl (C=O) groups is 1. The molecule has 9 heteroatoms. The first kappa shape index (κ1) is 51.7. The van der Waals surface area contributed by atoms with Crippen LogP contribution in [0.4, 0.5) is 0 Å². The van der Waals surface area contributed by atoms with Crippen LogP contribution in [-0.2, 0) is 18.4 Å². The molecule has 0 rings (SSSR count). The molecule has 53 heavy (non-hydrogen) atoms. The van der Waals surface area contributed by atoms with Crippen molar-refractivity contribution in [3.05, 3.63) is 36.5 Å². The third-order valence-electron chi connectivity index (χ3n) is 9.58. The predicted octanol–water partition coefficient (Wildman–Crippen LogP) is 11.3. The molecular formula is C44H85N2O6P. The van der Waals surface area contributed by atoms with Crippen LogP contribution < -0.4 is 10.2 Å². The van der Waals surface area contributed by atoms with Crippen molar-refractivity contribution in [3.8, 4) is 0 Å². The molecular weight excluding hydrogens is 683 g/mol. The molecule has 0 aromatic heterocycles. The molecule has 0 aliphatic carbocycles. The molecule has 0 fully saturated rings. The van der Waals surface area contributed by atoms with E-state index in [2.05, 4.69) is 43.5 Å². The number of unbranched alkanes of at least 4 members (excludes halogenated alkanes) is 22. The Morgan fingerprint density at radius 3 is 1.53 bits per heavy atom. The Hall–Kier alpha value is -1.28. The summed E-state index contributed by atoms with van der Waals surface area (Å²) in [5, 5.41) is 13.7. The van der Waals surface area contributed by atoms with Gasteiger partial charge in [0.15, 0.2) is 0 Å². The number of phosphoric acid groups is 1. The summed E-state index contributed by atoms with van der Waals surface area (Å²) in [7, 11) is 1.23. The van der Waals surface area contributed by atoms with Gasteiger partial charge in [0.05, 0.1) is 39.9 Å². The van der Waals surface area contributed by atoms with Crippen molar-refractivity contribution in [3.63, 3.8) is 0 Å². The van der Waals surface area contributed by atoms with Crippen molar-refractivity contribution in [2.24, 2.45) is 0 Å². The first-order valence-electron chi connectivity index (χ1n) is 21.9. The number of rotatable bonds is 39. The number of hydrogen-bond acceptors (Lipinski definition) is 6. The Labute approximate surface area is 327 Å². The molecule has 0 aromatic rings. The number of likely N-dealkylation sites (N-methyl/N-ethyl adjacent to an activating group) is 1. The van der Waals surface area contributed by atoms with E-state index in [1.165, 1.54) is 122 Å². The molecule has 0 heterocycles. The highest BCUT2D eigenvalue weighted by Gasteiger charge is 2.23. The number of hydrogen-bond donors (Lipinski definition) is 2. The molecule has 312 valence electrons. The van der Waals surface area contributed by atoms with E-state index in [1.807, 2.05) is 27.2 Å². The summed E-state index contributed by atoms with van der Waals surface area (Å²) >= 11 is 0. The van der Waals surface area contributed by atoms with E-state index < -0.39 is 26.6 Å². The van der Waals surface area contributed by atoms with Gasteiger partial charge in [-0.25, -0.2) is 0 Å². The molecule has 0 radical (unpaired) electrons. The van der Waals surface area contributed by atoms with Crippen LogP contribution in [0.1, 0.15) is 187 Å². The smallest absolute Gasteiger partial charge is 0.268 e. The maximum atomic E-state index is 12.7. The van der Waals surface area contributed by atoms with Gasteiger partial charge in [0, 0.05) is 6.42 Å². The highest BCUT2D eigenvalue weighted by atomic mass is 31.2. The fourth-order valence-electron chi connectivity index (χ4n) is 6.07. The molecule has 0 bridgehead atoms. The van der Waals surface area contributed by atoms with Gasteiger partial charge >= 0.3 is 0 Å². The summed E-state index contributed by atoms with van der Waals surface area (Å²) in [5.74, 6) is -0.216. The summed E-state index contributed by atoms with van der Waals surface area (Å²) < 4.78 is 23.1. The Kier molecular flexibility index (Phi) is 35.5. The third kappa shape index (κ3) is 38.8. The molecule has 1 amide bonds. The minimum Gasteiger partial charge on any atom is -0.756 e. The maximum absolute atomic E-state index is 12.7. The maximum Gasteiger partial charge on any atom is 0.268 e. The molecule has 0 saturated carbocycles. The van der Waals surface area contributed by atoms with Gasteiger partial charge < -0.3 is 28.8 Å². The van der Waals surface area contributed by atoms with Crippen molar-refractivity contribution in [2.75, 3.05) is 40.9 Å². The molecule has 3 atom stereocenters. The number of quaternary nitrogens is 1. The Morgan fingerprint density at radius 1 is 0.642 bits per heavy atom. The van der Waals surface area contributed by atoms with Crippen molar-refractivity contribution in [1.29, 1.82) is 0 Å². The van der Waals surface area contributed by atoms with Crippen LogP contribution in [0.3, 0.4) is 0 Å². The van der Waals surface area contributed by atoms with E-state index in [0.29, 0.717) is 17.4 Å². The van der Waals surface area contributed by atoms with Crippen LogP contribution in [-0.4, -0.2) is 68.5 Å². The summed E-state index contributed by atoms with van der Waals surface area (Å²) in [6.07, 6.45) is 43.5. The van der Waals surface area contributed by atoms with Crippen LogP contribution >= 0.6 is 7.82 Å². The summed E-state index contributed by atoms with van der Waals surface area (Å²) in [6, 6.07) is -0.904. The lowest BCUT2D eigenvalue weighted by Crippen LogP contribution is -2.45. The fourth-order valence-corrected chi connectivity index (χ4v) is 6.79. The van der Waals surface area contributed by atoms with Crippen LogP contribution in [0.25, 0.3) is 0 Å². The number of aliphatic hydroxyl groups excluding tert-OH is 1. The summed E-state index contributed by atoms with van der Waals surface area (Å²) in [4.78, 5) is 25.1. The molecule has 0 aliphatic rings. The Morgan fingerprint density at radius 2 is 1.06 bits per heavy atom. The Balaban J connectivity index is 4.41. The fraction of sp³-hybridized carbons (Fsp3) is 0.841. The average molecular weight is 769 g/mol. The van der Waals surface area contributed by atoms with E-state index in [1.54, 1.807) is 6.08 Å². The van der Waals surface area contributed by atoms with E-state index in [0.717, 1.165) is 44.9 Å². The van der Waals surface area contributed by atoms with Crippen LogP contribution in [0.2, 0.25) is 0 Å². The number of nitrogens with zero attached hydrogens (tertiary/aromatic N) is 1. The largest absolute Gasteiger partial charge is 0.756 e. The highest BCUT2D eigenvalue weighted by Crippen LogP contribution is 2.38. The minimum atomic E-state index is -4.59. The van der Waals surface area contributed by atoms with Gasteiger partial charge in [0.25, 0.3) is 7.82 Å². The van der Waals surface area contributed by atoms with Gasteiger partial charge in [-0.1, -0.05) is 172 Å². The zero-order valence-electron chi connectivity index (χ0n) is 35.2. The van der Waals surface area contributed by atoms with Gasteiger partial charge in [0.2, 0.25) is 5.91 Å². The van der Waals surface area contributed by atoms with Crippen LogP contribution in [0.15, 0.2) is 36.5 Å². The minimum absolute atomic E-state index is 0.00829. The van der Waals surface area contributed by atoms with E-state index >= 15 is 0 Å². The summed E-state index contributed by atoms with van der Waals surface area (Å²) in [5.41, 5.74) is 0. The van der Waals surface area contributed by atoms with Crippen molar-refractivity contribution in [2.45, 2.75) is 199 Å². The van der Waals surface area contributed by atoms with Crippen LogP contribution in [0.5, 0.6) is 0 Å². The number of nitrogens with one attached hydrogen (secondary N) is 1. The topological polar surface area (TPSA) is 108 Å². The quantitative estimate of drug-likeness (QED) is 0.0279. The molecule has 2 N–H and O–H groups in total. The van der Waals surface area contributed by atoms with Gasteiger partial charge in [-0.15, -0.1) is 0 Å². The lowest BCUT2D eigenvalue weighted by Gasteiger charge is -2.29. The van der Waals surface area contributed by atoms with Gasteiger partial charge in [-0.05, 0) is 44.9 Å². The normalized spacial score (nSPS) is 14.8. The first-order chi connectivity index (χ1) is 25.5. The standard InChI is InChI=1S/C44H85N2O6P/c1-6-8-10-12-14-16-17-18-19-20-21-22-23-24-25-26-27-28-30-31-33-35-37-43(47)42(41-52-53(49,50)51-40-39-46(3,4)5)45-44(48)38-36-34-32-29-15-13-11-9-7-2/h24-25,28,30,35,37,42-43,47H,6-23,26-27,29,31-34,36,38-41H2,1-5H3,(H-,45,48,49,50)/b25-24+,30-28+,37-35+. The number of phosphoric ester groups is 1. The first-order valence-corrected chi connectivity index (χ1v) is 23.3. The molecule has 0 aromatic carbocycles. The van der Waals surface area contributed by atoms with Crippen molar-refractivity contribution < 1.29 is 32.9 Å².